The first-order valence-electron chi connectivity index (χ1n) is 7.04. The average molecular weight is 279 g/mol. The largest absolute Gasteiger partial charge is 0.491 e. The molecule has 106 valence electrons. The first-order chi connectivity index (χ1) is 10.3. The number of fused-ring (bicyclic) bond motifs is 1. The summed E-state index contributed by atoms with van der Waals surface area (Å²) in [4.78, 5) is 2.22. The van der Waals surface area contributed by atoms with Crippen molar-refractivity contribution in [3.63, 3.8) is 0 Å². The molecule has 0 radical (unpaired) electrons. The molecule has 0 spiro atoms. The van der Waals surface area contributed by atoms with E-state index in [9.17, 15) is 0 Å². The second kappa shape index (κ2) is 5.76. The monoisotopic (exact) mass is 279 g/mol. The van der Waals surface area contributed by atoms with E-state index in [4.69, 9.17) is 15.7 Å². The van der Waals surface area contributed by atoms with Crippen LogP contribution in [0.3, 0.4) is 0 Å². The number of benzene rings is 2. The number of nitrogens with zero attached hydrogens (tertiary/aromatic N) is 2. The molecule has 0 saturated heterocycles. The summed E-state index contributed by atoms with van der Waals surface area (Å²) < 4.78 is 5.78. The van der Waals surface area contributed by atoms with Gasteiger partial charge in [0, 0.05) is 17.9 Å². The van der Waals surface area contributed by atoms with E-state index in [1.54, 1.807) is 0 Å². The summed E-state index contributed by atoms with van der Waals surface area (Å²) in [6.45, 7) is 1.60. The highest BCUT2D eigenvalue weighted by molar-refractivity contribution is 5.71. The Balaban J connectivity index is 2.04. The maximum Gasteiger partial charge on any atom is 0.142 e. The van der Waals surface area contributed by atoms with Crippen LogP contribution in [0.25, 0.3) is 0 Å². The Hall–Kier alpha value is -2.67. The third kappa shape index (κ3) is 2.63. The maximum absolute atomic E-state index is 8.91. The van der Waals surface area contributed by atoms with Crippen LogP contribution in [-0.2, 0) is 6.42 Å². The summed E-state index contributed by atoms with van der Waals surface area (Å²) in [7, 11) is 0. The number of para-hydroxylation sites is 2. The van der Waals surface area contributed by atoms with Crippen LogP contribution in [0, 0.1) is 11.3 Å². The van der Waals surface area contributed by atoms with E-state index in [1.165, 1.54) is 0 Å². The predicted octanol–water partition coefficient (Wildman–Crippen LogP) is 3.26. The van der Waals surface area contributed by atoms with Crippen molar-refractivity contribution in [2.75, 3.05) is 23.8 Å². The summed E-state index contributed by atoms with van der Waals surface area (Å²) in [5.74, 6) is 0.897. The Morgan fingerprint density at radius 2 is 2.10 bits per heavy atom. The van der Waals surface area contributed by atoms with E-state index in [0.717, 1.165) is 35.7 Å². The van der Waals surface area contributed by atoms with Crippen LogP contribution in [0.2, 0.25) is 0 Å². The number of nitrogen functional groups attached to an aromatic ring is 1. The van der Waals surface area contributed by atoms with E-state index < -0.39 is 0 Å². The van der Waals surface area contributed by atoms with Crippen molar-refractivity contribution in [1.82, 2.24) is 0 Å². The van der Waals surface area contributed by atoms with Crippen molar-refractivity contribution in [2.24, 2.45) is 0 Å². The molecule has 4 heteroatoms. The summed E-state index contributed by atoms with van der Waals surface area (Å²) in [6, 6.07) is 16.1. The molecule has 3 rings (SSSR count). The van der Waals surface area contributed by atoms with Gasteiger partial charge in [-0.1, -0.05) is 12.1 Å². The summed E-state index contributed by atoms with van der Waals surface area (Å²) in [6.07, 6.45) is 1.28. The van der Waals surface area contributed by atoms with Gasteiger partial charge in [-0.2, -0.15) is 5.26 Å². The lowest BCUT2D eigenvalue weighted by Gasteiger charge is -2.24. The lowest BCUT2D eigenvalue weighted by Crippen LogP contribution is -2.18. The molecule has 21 heavy (non-hydrogen) atoms. The molecule has 0 atom stereocenters. The van der Waals surface area contributed by atoms with E-state index in [-0.39, 0.29) is 0 Å². The van der Waals surface area contributed by atoms with Gasteiger partial charge in [-0.15, -0.1) is 0 Å². The third-order valence-electron chi connectivity index (χ3n) is 3.65. The molecule has 2 N–H and O–H groups in total. The fraction of sp³-hybridized carbons (Fsp3) is 0.235. The SMILES string of the molecule is N#CCc1cc(N2CCCOc3ccccc32)ccc1N. The van der Waals surface area contributed by atoms with Crippen molar-refractivity contribution in [2.45, 2.75) is 12.8 Å². The number of anilines is 3. The normalized spacial score (nSPS) is 13.8. The molecular formula is C17H17N3O. The highest BCUT2D eigenvalue weighted by Crippen LogP contribution is 2.36. The van der Waals surface area contributed by atoms with Gasteiger partial charge in [0.1, 0.15) is 5.75 Å². The number of hydrogen-bond acceptors (Lipinski definition) is 4. The lowest BCUT2D eigenvalue weighted by molar-refractivity contribution is 0.322. The zero-order chi connectivity index (χ0) is 14.7. The summed E-state index contributed by atoms with van der Waals surface area (Å²) >= 11 is 0. The van der Waals surface area contributed by atoms with Crippen molar-refractivity contribution < 1.29 is 4.74 Å². The van der Waals surface area contributed by atoms with Gasteiger partial charge in [-0.25, -0.2) is 0 Å². The number of nitrogens with two attached hydrogens (primary N) is 1. The second-order valence-corrected chi connectivity index (χ2v) is 5.04. The van der Waals surface area contributed by atoms with E-state index >= 15 is 0 Å². The van der Waals surface area contributed by atoms with Crippen LogP contribution in [0.15, 0.2) is 42.5 Å². The quantitative estimate of drug-likeness (QED) is 0.857. The summed E-state index contributed by atoms with van der Waals surface area (Å²) in [5, 5.41) is 8.91. The molecule has 1 aliphatic rings. The smallest absolute Gasteiger partial charge is 0.142 e. The molecule has 0 amide bonds. The van der Waals surface area contributed by atoms with E-state index in [1.807, 2.05) is 36.4 Å². The zero-order valence-corrected chi connectivity index (χ0v) is 11.7. The standard InChI is InChI=1S/C17H17N3O/c18-9-8-13-12-14(6-7-15(13)19)20-10-3-11-21-17-5-2-1-4-16(17)20/h1-2,4-7,12H,3,8,10-11,19H2. The van der Waals surface area contributed by atoms with Crippen molar-refractivity contribution in [3.8, 4) is 11.8 Å². The predicted molar refractivity (Wildman–Crippen MR) is 83.7 cm³/mol. The van der Waals surface area contributed by atoms with Gasteiger partial charge in [0.25, 0.3) is 0 Å². The van der Waals surface area contributed by atoms with E-state index in [2.05, 4.69) is 17.0 Å². The molecule has 4 nitrogen and oxygen atoms in total. The van der Waals surface area contributed by atoms with Crippen LogP contribution >= 0.6 is 0 Å². The zero-order valence-electron chi connectivity index (χ0n) is 11.7. The average Bonchev–Trinajstić information content (AvgIpc) is 2.72. The molecule has 0 bridgehead atoms. The summed E-state index contributed by atoms with van der Waals surface area (Å²) in [5.41, 5.74) is 9.58. The van der Waals surface area contributed by atoms with Crippen LogP contribution in [0.1, 0.15) is 12.0 Å². The van der Waals surface area contributed by atoms with E-state index in [0.29, 0.717) is 18.7 Å². The van der Waals surface area contributed by atoms with Crippen molar-refractivity contribution in [3.05, 3.63) is 48.0 Å². The Morgan fingerprint density at radius 3 is 2.95 bits per heavy atom. The van der Waals surface area contributed by atoms with Crippen LogP contribution in [0.4, 0.5) is 17.1 Å². The molecule has 0 aliphatic carbocycles. The minimum atomic E-state index is 0.325. The van der Waals surface area contributed by atoms with Crippen LogP contribution < -0.4 is 15.4 Å². The number of ether oxygens (including phenoxy) is 1. The van der Waals surface area contributed by atoms with Gasteiger partial charge in [0.15, 0.2) is 0 Å². The number of nitriles is 1. The third-order valence-corrected chi connectivity index (χ3v) is 3.65. The Kier molecular flexibility index (Phi) is 3.65. The molecular weight excluding hydrogens is 262 g/mol. The molecule has 1 heterocycles. The lowest BCUT2D eigenvalue weighted by atomic mass is 10.1. The molecule has 0 saturated carbocycles. The number of rotatable bonds is 2. The molecule has 2 aromatic rings. The fourth-order valence-corrected chi connectivity index (χ4v) is 2.59. The Bertz CT molecular complexity index is 691. The van der Waals surface area contributed by atoms with Gasteiger partial charge in [0.05, 0.1) is 24.8 Å². The molecule has 0 aromatic heterocycles. The van der Waals surface area contributed by atoms with Gasteiger partial charge < -0.3 is 15.4 Å². The van der Waals surface area contributed by atoms with Gasteiger partial charge in [0.2, 0.25) is 0 Å². The fourth-order valence-electron chi connectivity index (χ4n) is 2.59. The minimum absolute atomic E-state index is 0.325. The first kappa shape index (κ1) is 13.3. The highest BCUT2D eigenvalue weighted by Gasteiger charge is 2.18. The van der Waals surface area contributed by atoms with Crippen molar-refractivity contribution in [1.29, 1.82) is 5.26 Å². The van der Waals surface area contributed by atoms with Crippen LogP contribution in [0.5, 0.6) is 5.75 Å². The van der Waals surface area contributed by atoms with Gasteiger partial charge in [-0.3, -0.25) is 0 Å². The Labute approximate surface area is 124 Å². The highest BCUT2D eigenvalue weighted by atomic mass is 16.5. The molecule has 0 fully saturated rings. The maximum atomic E-state index is 8.91. The molecule has 1 aliphatic heterocycles. The van der Waals surface area contributed by atoms with Gasteiger partial charge >= 0.3 is 0 Å². The molecule has 0 unspecified atom stereocenters. The Morgan fingerprint density at radius 1 is 1.24 bits per heavy atom. The molecule has 2 aromatic carbocycles. The van der Waals surface area contributed by atoms with Gasteiger partial charge in [-0.05, 0) is 42.3 Å². The second-order valence-electron chi connectivity index (χ2n) is 5.04. The topological polar surface area (TPSA) is 62.3 Å². The first-order valence-corrected chi connectivity index (χ1v) is 7.04. The number of hydrogen-bond donors (Lipinski definition) is 1. The van der Waals surface area contributed by atoms with Crippen molar-refractivity contribution >= 4 is 17.1 Å². The minimum Gasteiger partial charge on any atom is -0.491 e. The van der Waals surface area contributed by atoms with Crippen LogP contribution in [-0.4, -0.2) is 13.2 Å².